The summed E-state index contributed by atoms with van der Waals surface area (Å²) in [4.78, 5) is 12.5. The summed E-state index contributed by atoms with van der Waals surface area (Å²) in [6.45, 7) is 1.97. The molecule has 0 bridgehead atoms. The van der Waals surface area contributed by atoms with Gasteiger partial charge in [0.1, 0.15) is 11.5 Å². The topological polar surface area (TPSA) is 47.6 Å². The molecule has 24 heavy (non-hydrogen) atoms. The van der Waals surface area contributed by atoms with E-state index >= 15 is 0 Å². The molecule has 0 spiro atoms. The Morgan fingerprint density at radius 2 is 1.88 bits per heavy atom. The summed E-state index contributed by atoms with van der Waals surface area (Å²) < 4.78 is 10.7. The first-order valence-corrected chi connectivity index (χ1v) is 8.21. The monoisotopic (exact) mass is 325 g/mol. The van der Waals surface area contributed by atoms with Crippen molar-refractivity contribution in [2.24, 2.45) is 5.92 Å². The van der Waals surface area contributed by atoms with Crippen LogP contribution < -0.4 is 14.8 Å². The van der Waals surface area contributed by atoms with Gasteiger partial charge in [0.15, 0.2) is 0 Å². The number of hydrogen-bond donors (Lipinski definition) is 1. The number of carbonyl (C=O) groups excluding carboxylic acids is 1. The summed E-state index contributed by atoms with van der Waals surface area (Å²) in [5.74, 6) is 2.00. The van der Waals surface area contributed by atoms with Gasteiger partial charge in [-0.25, -0.2) is 0 Å². The van der Waals surface area contributed by atoms with E-state index in [1.807, 2.05) is 43.3 Å². The van der Waals surface area contributed by atoms with Gasteiger partial charge in [0.25, 0.3) is 0 Å². The van der Waals surface area contributed by atoms with Crippen LogP contribution >= 0.6 is 0 Å². The third kappa shape index (κ3) is 3.37. The SMILES string of the molecule is COc1ccc(OC)c(C(C)NC(=O)C2CC2c2ccccc2)c1. The molecule has 1 aliphatic carbocycles. The lowest BCUT2D eigenvalue weighted by atomic mass is 10.1. The van der Waals surface area contributed by atoms with E-state index in [2.05, 4.69) is 17.4 Å². The second kappa shape index (κ2) is 6.95. The van der Waals surface area contributed by atoms with Crippen LogP contribution in [-0.4, -0.2) is 20.1 Å². The molecule has 0 aromatic heterocycles. The summed E-state index contributed by atoms with van der Waals surface area (Å²) in [6, 6.07) is 15.7. The van der Waals surface area contributed by atoms with Gasteiger partial charge in [-0.3, -0.25) is 4.79 Å². The predicted octanol–water partition coefficient (Wildman–Crippen LogP) is 3.68. The van der Waals surface area contributed by atoms with Crippen molar-refractivity contribution in [2.45, 2.75) is 25.3 Å². The van der Waals surface area contributed by atoms with Gasteiger partial charge in [-0.05, 0) is 43.0 Å². The smallest absolute Gasteiger partial charge is 0.224 e. The van der Waals surface area contributed by atoms with E-state index in [1.165, 1.54) is 5.56 Å². The van der Waals surface area contributed by atoms with Gasteiger partial charge in [-0.15, -0.1) is 0 Å². The molecule has 3 rings (SSSR count). The lowest BCUT2D eigenvalue weighted by Crippen LogP contribution is -2.28. The van der Waals surface area contributed by atoms with Crippen molar-refractivity contribution in [2.75, 3.05) is 14.2 Å². The minimum Gasteiger partial charge on any atom is -0.497 e. The first kappa shape index (κ1) is 16.4. The Labute approximate surface area is 142 Å². The Morgan fingerprint density at radius 1 is 1.12 bits per heavy atom. The van der Waals surface area contributed by atoms with Gasteiger partial charge in [0, 0.05) is 11.5 Å². The van der Waals surface area contributed by atoms with Crippen LogP contribution in [0.25, 0.3) is 0 Å². The van der Waals surface area contributed by atoms with Gasteiger partial charge in [-0.2, -0.15) is 0 Å². The van der Waals surface area contributed by atoms with E-state index in [-0.39, 0.29) is 17.9 Å². The highest BCUT2D eigenvalue weighted by Gasteiger charge is 2.44. The molecule has 3 atom stereocenters. The average molecular weight is 325 g/mol. The zero-order valence-corrected chi connectivity index (χ0v) is 14.3. The molecule has 4 nitrogen and oxygen atoms in total. The minimum absolute atomic E-state index is 0.0615. The number of methoxy groups -OCH3 is 2. The van der Waals surface area contributed by atoms with Crippen LogP contribution in [0.4, 0.5) is 0 Å². The van der Waals surface area contributed by atoms with Crippen LogP contribution in [-0.2, 0) is 4.79 Å². The van der Waals surface area contributed by atoms with Gasteiger partial charge in [0.05, 0.1) is 20.3 Å². The number of nitrogens with one attached hydrogen (secondary N) is 1. The molecule has 1 aliphatic rings. The normalized spacial score (nSPS) is 20.1. The summed E-state index contributed by atoms with van der Waals surface area (Å²) >= 11 is 0. The molecule has 0 saturated heterocycles. The van der Waals surface area contributed by atoms with Crippen molar-refractivity contribution < 1.29 is 14.3 Å². The fraction of sp³-hybridized carbons (Fsp3) is 0.350. The summed E-state index contributed by atoms with van der Waals surface area (Å²) in [5, 5.41) is 3.11. The van der Waals surface area contributed by atoms with Gasteiger partial charge < -0.3 is 14.8 Å². The van der Waals surface area contributed by atoms with Crippen molar-refractivity contribution >= 4 is 5.91 Å². The standard InChI is InChI=1S/C20H23NO3/c1-13(16-11-15(23-2)9-10-19(16)24-3)21-20(22)18-12-17(18)14-7-5-4-6-8-14/h4-11,13,17-18H,12H2,1-3H3,(H,21,22). The largest absolute Gasteiger partial charge is 0.497 e. The van der Waals surface area contributed by atoms with Crippen LogP contribution in [0.5, 0.6) is 11.5 Å². The molecule has 1 N–H and O–H groups in total. The molecule has 2 aromatic rings. The molecule has 1 fully saturated rings. The minimum atomic E-state index is -0.139. The van der Waals surface area contributed by atoms with Crippen LogP contribution in [0.3, 0.4) is 0 Å². The quantitative estimate of drug-likeness (QED) is 0.881. The Morgan fingerprint density at radius 3 is 2.54 bits per heavy atom. The molecule has 3 unspecified atom stereocenters. The lowest BCUT2D eigenvalue weighted by Gasteiger charge is -2.18. The summed E-state index contributed by atoms with van der Waals surface area (Å²) in [6.07, 6.45) is 0.914. The fourth-order valence-electron chi connectivity index (χ4n) is 3.13. The molecular formula is C20H23NO3. The van der Waals surface area contributed by atoms with Gasteiger partial charge in [0.2, 0.25) is 5.91 Å². The average Bonchev–Trinajstić information content (AvgIpc) is 3.42. The number of ether oxygens (including phenoxy) is 2. The number of benzene rings is 2. The van der Waals surface area contributed by atoms with Crippen LogP contribution in [0.15, 0.2) is 48.5 Å². The number of carbonyl (C=O) groups is 1. The Bertz CT molecular complexity index is 714. The zero-order chi connectivity index (χ0) is 17.1. The third-order valence-electron chi connectivity index (χ3n) is 4.62. The Hall–Kier alpha value is -2.49. The zero-order valence-electron chi connectivity index (χ0n) is 14.3. The highest BCUT2D eigenvalue weighted by molar-refractivity contribution is 5.83. The second-order valence-corrected chi connectivity index (χ2v) is 6.20. The van der Waals surface area contributed by atoms with Crippen LogP contribution in [0, 0.1) is 5.92 Å². The maximum Gasteiger partial charge on any atom is 0.224 e. The third-order valence-corrected chi connectivity index (χ3v) is 4.62. The molecule has 1 amide bonds. The van der Waals surface area contributed by atoms with Crippen molar-refractivity contribution in [1.82, 2.24) is 5.32 Å². The molecule has 0 aliphatic heterocycles. The number of hydrogen-bond acceptors (Lipinski definition) is 3. The predicted molar refractivity (Wildman–Crippen MR) is 93.4 cm³/mol. The van der Waals surface area contributed by atoms with Gasteiger partial charge >= 0.3 is 0 Å². The van der Waals surface area contributed by atoms with E-state index in [9.17, 15) is 4.79 Å². The molecule has 2 aromatic carbocycles. The molecule has 0 heterocycles. The van der Waals surface area contributed by atoms with Crippen LogP contribution in [0.1, 0.15) is 36.4 Å². The first-order valence-electron chi connectivity index (χ1n) is 8.21. The van der Waals surface area contributed by atoms with E-state index in [0.717, 1.165) is 23.5 Å². The van der Waals surface area contributed by atoms with Crippen molar-refractivity contribution in [1.29, 1.82) is 0 Å². The van der Waals surface area contributed by atoms with E-state index in [4.69, 9.17) is 9.47 Å². The molecule has 126 valence electrons. The fourth-order valence-corrected chi connectivity index (χ4v) is 3.13. The van der Waals surface area contributed by atoms with Crippen molar-refractivity contribution in [3.63, 3.8) is 0 Å². The van der Waals surface area contributed by atoms with E-state index in [1.54, 1.807) is 14.2 Å². The van der Waals surface area contributed by atoms with Crippen molar-refractivity contribution in [3.05, 3.63) is 59.7 Å². The highest BCUT2D eigenvalue weighted by Crippen LogP contribution is 2.47. The number of rotatable bonds is 6. The molecular weight excluding hydrogens is 302 g/mol. The maximum absolute atomic E-state index is 12.5. The Kier molecular flexibility index (Phi) is 4.74. The molecule has 4 heteroatoms. The maximum atomic E-state index is 12.5. The molecule has 0 radical (unpaired) electrons. The van der Waals surface area contributed by atoms with Crippen molar-refractivity contribution in [3.8, 4) is 11.5 Å². The highest BCUT2D eigenvalue weighted by atomic mass is 16.5. The van der Waals surface area contributed by atoms with Crippen LogP contribution in [0.2, 0.25) is 0 Å². The number of amides is 1. The van der Waals surface area contributed by atoms with E-state index < -0.39 is 0 Å². The second-order valence-electron chi connectivity index (χ2n) is 6.20. The first-order chi connectivity index (χ1) is 11.6. The molecule has 1 saturated carbocycles. The Balaban J connectivity index is 1.67. The van der Waals surface area contributed by atoms with E-state index in [0.29, 0.717) is 5.92 Å². The lowest BCUT2D eigenvalue weighted by molar-refractivity contribution is -0.123. The summed E-state index contributed by atoms with van der Waals surface area (Å²) in [5.41, 5.74) is 2.16. The summed E-state index contributed by atoms with van der Waals surface area (Å²) in [7, 11) is 3.26. The van der Waals surface area contributed by atoms with Gasteiger partial charge in [-0.1, -0.05) is 30.3 Å².